The van der Waals surface area contributed by atoms with Crippen molar-refractivity contribution >= 4 is 28.9 Å². The van der Waals surface area contributed by atoms with Gasteiger partial charge in [-0.15, -0.1) is 11.3 Å². The third kappa shape index (κ3) is 2.70. The van der Waals surface area contributed by atoms with Crippen LogP contribution in [0.3, 0.4) is 0 Å². The summed E-state index contributed by atoms with van der Waals surface area (Å²) in [5, 5.41) is 12.4. The van der Waals surface area contributed by atoms with Crippen molar-refractivity contribution in [2.45, 2.75) is 19.9 Å². The first-order valence-electron chi connectivity index (χ1n) is 7.78. The van der Waals surface area contributed by atoms with Gasteiger partial charge in [-0.3, -0.25) is 9.78 Å². The molecular weight excluding hydrogens is 336 g/mol. The van der Waals surface area contributed by atoms with E-state index in [0.717, 1.165) is 16.1 Å². The smallest absolute Gasteiger partial charge is 0.255 e. The average molecular weight is 352 g/mol. The van der Waals surface area contributed by atoms with E-state index in [1.54, 1.807) is 34.5 Å². The molecule has 4 heterocycles. The molecular formula is C17H16N6OS. The average Bonchev–Trinajstić information content (AvgIpc) is 3.23. The van der Waals surface area contributed by atoms with Crippen LogP contribution in [0.2, 0.25) is 0 Å². The molecule has 1 amide bonds. The standard InChI is InChI=1S/C17H16N6OS/c1-10-5-7-25-15(10)14-13(11(2)21-17-19-9-20-23(14)17)16(24)22-12-4-3-6-18-8-12/h3-9,14H,1-2H3,(H,22,24)(H,19,20,21). The summed E-state index contributed by atoms with van der Waals surface area (Å²) in [7, 11) is 0. The van der Waals surface area contributed by atoms with Gasteiger partial charge in [-0.25, -0.2) is 4.68 Å². The van der Waals surface area contributed by atoms with Gasteiger partial charge in [0, 0.05) is 16.8 Å². The maximum absolute atomic E-state index is 13.0. The summed E-state index contributed by atoms with van der Waals surface area (Å²) in [5.74, 6) is 0.449. The number of pyridine rings is 1. The van der Waals surface area contributed by atoms with E-state index in [1.165, 1.54) is 6.33 Å². The number of aromatic nitrogens is 4. The number of thiophene rings is 1. The second-order valence-electron chi connectivity index (χ2n) is 5.76. The van der Waals surface area contributed by atoms with Crippen molar-refractivity contribution in [1.29, 1.82) is 0 Å². The predicted octanol–water partition coefficient (Wildman–Crippen LogP) is 2.97. The summed E-state index contributed by atoms with van der Waals surface area (Å²) >= 11 is 1.61. The van der Waals surface area contributed by atoms with Crippen molar-refractivity contribution in [1.82, 2.24) is 19.7 Å². The van der Waals surface area contributed by atoms with Gasteiger partial charge in [0.2, 0.25) is 5.95 Å². The summed E-state index contributed by atoms with van der Waals surface area (Å²) in [6.45, 7) is 3.92. The maximum atomic E-state index is 13.0. The number of nitrogens with one attached hydrogen (secondary N) is 2. The third-order valence-corrected chi connectivity index (χ3v) is 5.18. The van der Waals surface area contributed by atoms with Crippen LogP contribution in [0.5, 0.6) is 0 Å². The zero-order valence-corrected chi connectivity index (χ0v) is 14.5. The number of hydrogen-bond acceptors (Lipinski definition) is 6. The molecule has 0 aromatic carbocycles. The van der Waals surface area contributed by atoms with Crippen LogP contribution in [0.25, 0.3) is 0 Å². The molecule has 1 atom stereocenters. The molecule has 2 N–H and O–H groups in total. The van der Waals surface area contributed by atoms with Crippen LogP contribution < -0.4 is 10.6 Å². The van der Waals surface area contributed by atoms with Gasteiger partial charge in [0.1, 0.15) is 12.4 Å². The van der Waals surface area contributed by atoms with Crippen molar-refractivity contribution in [2.75, 3.05) is 10.6 Å². The fraction of sp³-hybridized carbons (Fsp3) is 0.176. The second-order valence-corrected chi connectivity index (χ2v) is 6.71. The molecule has 1 aliphatic heterocycles. The molecule has 126 valence electrons. The van der Waals surface area contributed by atoms with Gasteiger partial charge in [0.25, 0.3) is 5.91 Å². The predicted molar refractivity (Wildman–Crippen MR) is 96.4 cm³/mol. The molecule has 0 saturated heterocycles. The fourth-order valence-electron chi connectivity index (χ4n) is 2.93. The van der Waals surface area contributed by atoms with Gasteiger partial charge in [-0.05, 0) is 43.0 Å². The topological polar surface area (TPSA) is 84.7 Å². The molecule has 25 heavy (non-hydrogen) atoms. The largest absolute Gasteiger partial charge is 0.328 e. The van der Waals surface area contributed by atoms with E-state index in [-0.39, 0.29) is 11.9 Å². The maximum Gasteiger partial charge on any atom is 0.255 e. The monoisotopic (exact) mass is 352 g/mol. The molecule has 0 fully saturated rings. The Kier molecular flexibility index (Phi) is 3.81. The molecule has 0 aliphatic carbocycles. The van der Waals surface area contributed by atoms with Crippen molar-refractivity contribution < 1.29 is 4.79 Å². The van der Waals surface area contributed by atoms with Crippen molar-refractivity contribution in [3.63, 3.8) is 0 Å². The zero-order chi connectivity index (χ0) is 17.4. The number of nitrogens with zero attached hydrogens (tertiary/aromatic N) is 4. The molecule has 0 saturated carbocycles. The molecule has 0 radical (unpaired) electrons. The van der Waals surface area contributed by atoms with E-state index in [9.17, 15) is 4.79 Å². The molecule has 4 rings (SSSR count). The summed E-state index contributed by atoms with van der Waals surface area (Å²) in [4.78, 5) is 22.4. The van der Waals surface area contributed by atoms with Crippen LogP contribution in [0.15, 0.2) is 53.6 Å². The Morgan fingerprint density at radius 3 is 2.96 bits per heavy atom. The zero-order valence-electron chi connectivity index (χ0n) is 13.7. The van der Waals surface area contributed by atoms with Crippen LogP contribution in [-0.2, 0) is 4.79 Å². The number of fused-ring (bicyclic) bond motifs is 1. The van der Waals surface area contributed by atoms with Crippen molar-refractivity contribution in [3.8, 4) is 0 Å². The lowest BCUT2D eigenvalue weighted by Crippen LogP contribution is -2.31. The highest BCUT2D eigenvalue weighted by Gasteiger charge is 2.34. The van der Waals surface area contributed by atoms with Crippen molar-refractivity contribution in [3.05, 3.63) is 64.0 Å². The first kappa shape index (κ1) is 15.5. The van der Waals surface area contributed by atoms with Crippen LogP contribution in [0.1, 0.15) is 23.4 Å². The van der Waals surface area contributed by atoms with E-state index < -0.39 is 0 Å². The number of amides is 1. The number of aryl methyl sites for hydroxylation is 1. The van der Waals surface area contributed by atoms with E-state index in [4.69, 9.17) is 0 Å². The van der Waals surface area contributed by atoms with E-state index in [2.05, 4.69) is 25.7 Å². The SMILES string of the molecule is CC1=C(C(=O)Nc2cccnc2)C(c2sccc2C)n2ncnc2N1. The molecule has 3 aromatic heterocycles. The molecule has 1 unspecified atom stereocenters. The van der Waals surface area contributed by atoms with Gasteiger partial charge in [0.05, 0.1) is 17.5 Å². The normalized spacial score (nSPS) is 16.3. The number of allylic oxidation sites excluding steroid dienone is 1. The molecule has 8 heteroatoms. The lowest BCUT2D eigenvalue weighted by molar-refractivity contribution is -0.113. The van der Waals surface area contributed by atoms with E-state index in [0.29, 0.717) is 17.2 Å². The Bertz CT molecular complexity index is 958. The number of carbonyl (C=O) groups is 1. The highest BCUT2D eigenvalue weighted by Crippen LogP contribution is 2.38. The summed E-state index contributed by atoms with van der Waals surface area (Å²) in [5.41, 5.74) is 3.16. The minimum Gasteiger partial charge on any atom is -0.328 e. The second kappa shape index (κ2) is 6.14. The lowest BCUT2D eigenvalue weighted by atomic mass is 9.99. The van der Waals surface area contributed by atoms with Gasteiger partial charge in [-0.2, -0.15) is 10.1 Å². The Morgan fingerprint density at radius 1 is 1.36 bits per heavy atom. The highest BCUT2D eigenvalue weighted by molar-refractivity contribution is 7.10. The van der Waals surface area contributed by atoms with Gasteiger partial charge in [0.15, 0.2) is 0 Å². The number of rotatable bonds is 3. The Labute approximate surface area is 148 Å². The molecule has 0 spiro atoms. The highest BCUT2D eigenvalue weighted by atomic mass is 32.1. The Morgan fingerprint density at radius 2 is 2.24 bits per heavy atom. The Balaban J connectivity index is 1.78. The minimum absolute atomic E-state index is 0.183. The van der Waals surface area contributed by atoms with Crippen LogP contribution >= 0.6 is 11.3 Å². The molecule has 3 aromatic rings. The van der Waals surface area contributed by atoms with Gasteiger partial charge >= 0.3 is 0 Å². The summed E-state index contributed by atoms with van der Waals surface area (Å²) in [6, 6.07) is 5.33. The van der Waals surface area contributed by atoms with Crippen molar-refractivity contribution in [2.24, 2.45) is 0 Å². The van der Waals surface area contributed by atoms with E-state index >= 15 is 0 Å². The molecule has 1 aliphatic rings. The molecule has 7 nitrogen and oxygen atoms in total. The van der Waals surface area contributed by atoms with Gasteiger partial charge in [-0.1, -0.05) is 0 Å². The Hall–Kier alpha value is -3.00. The minimum atomic E-state index is -0.310. The first-order valence-corrected chi connectivity index (χ1v) is 8.66. The lowest BCUT2D eigenvalue weighted by Gasteiger charge is -2.28. The molecule has 0 bridgehead atoms. The van der Waals surface area contributed by atoms with Crippen LogP contribution in [-0.4, -0.2) is 25.7 Å². The number of anilines is 2. The van der Waals surface area contributed by atoms with E-state index in [1.807, 2.05) is 31.4 Å². The number of carbonyl (C=O) groups excluding carboxylic acids is 1. The van der Waals surface area contributed by atoms with Crippen LogP contribution in [0.4, 0.5) is 11.6 Å². The first-order chi connectivity index (χ1) is 12.1. The summed E-state index contributed by atoms with van der Waals surface area (Å²) in [6.07, 6.45) is 4.78. The fourth-order valence-corrected chi connectivity index (χ4v) is 3.95. The number of hydrogen-bond donors (Lipinski definition) is 2. The van der Waals surface area contributed by atoms with Crippen LogP contribution in [0, 0.1) is 6.92 Å². The quantitative estimate of drug-likeness (QED) is 0.757. The van der Waals surface area contributed by atoms with Gasteiger partial charge < -0.3 is 10.6 Å². The summed E-state index contributed by atoms with van der Waals surface area (Å²) < 4.78 is 1.75. The third-order valence-electron chi connectivity index (χ3n) is 4.11.